The molecule has 0 saturated heterocycles. The van der Waals surface area contributed by atoms with Gasteiger partial charge in [0.15, 0.2) is 0 Å². The Labute approximate surface area is 96.7 Å². The molecule has 4 nitrogen and oxygen atoms in total. The third-order valence-electron chi connectivity index (χ3n) is 3.44. The first-order chi connectivity index (χ1) is 7.79. The largest absolute Gasteiger partial charge is 0.382 e. The molecule has 0 radical (unpaired) electrons. The molecule has 1 saturated carbocycles. The summed E-state index contributed by atoms with van der Waals surface area (Å²) in [6, 6.07) is 0.552. The Hall–Kier alpha value is -1.32. The SMILES string of the molecule is CCC1CCCCC1Nc1cnc(N)cn1. The van der Waals surface area contributed by atoms with Crippen LogP contribution in [0.15, 0.2) is 12.4 Å². The summed E-state index contributed by atoms with van der Waals surface area (Å²) >= 11 is 0. The van der Waals surface area contributed by atoms with E-state index in [1.807, 2.05) is 0 Å². The summed E-state index contributed by atoms with van der Waals surface area (Å²) in [5.41, 5.74) is 5.51. The van der Waals surface area contributed by atoms with Crippen molar-refractivity contribution in [2.24, 2.45) is 5.92 Å². The molecule has 88 valence electrons. The van der Waals surface area contributed by atoms with Gasteiger partial charge in [0.25, 0.3) is 0 Å². The van der Waals surface area contributed by atoms with Crippen LogP contribution in [0, 0.1) is 5.92 Å². The lowest BCUT2D eigenvalue weighted by molar-refractivity contribution is 0.317. The first-order valence-electron chi connectivity index (χ1n) is 6.13. The third kappa shape index (κ3) is 2.62. The number of nitrogens with zero attached hydrogens (tertiary/aromatic N) is 2. The van der Waals surface area contributed by atoms with E-state index in [0.29, 0.717) is 11.9 Å². The van der Waals surface area contributed by atoms with Crippen molar-refractivity contribution in [3.05, 3.63) is 12.4 Å². The van der Waals surface area contributed by atoms with Crippen molar-refractivity contribution in [1.82, 2.24) is 9.97 Å². The molecule has 2 unspecified atom stereocenters. The lowest BCUT2D eigenvalue weighted by Crippen LogP contribution is -2.32. The summed E-state index contributed by atoms with van der Waals surface area (Å²) in [6.07, 6.45) is 9.81. The number of anilines is 2. The fourth-order valence-electron chi connectivity index (χ4n) is 2.49. The molecule has 1 aliphatic carbocycles. The number of aromatic nitrogens is 2. The van der Waals surface area contributed by atoms with Gasteiger partial charge in [-0.2, -0.15) is 0 Å². The van der Waals surface area contributed by atoms with Gasteiger partial charge in [0.2, 0.25) is 0 Å². The summed E-state index contributed by atoms with van der Waals surface area (Å²) in [4.78, 5) is 8.29. The van der Waals surface area contributed by atoms with E-state index in [0.717, 1.165) is 11.7 Å². The van der Waals surface area contributed by atoms with E-state index in [4.69, 9.17) is 5.73 Å². The number of hydrogen-bond donors (Lipinski definition) is 2. The fourth-order valence-corrected chi connectivity index (χ4v) is 2.49. The second-order valence-electron chi connectivity index (χ2n) is 4.53. The van der Waals surface area contributed by atoms with Gasteiger partial charge in [-0.3, -0.25) is 0 Å². The molecule has 1 aliphatic rings. The minimum Gasteiger partial charge on any atom is -0.382 e. The van der Waals surface area contributed by atoms with Gasteiger partial charge in [-0.05, 0) is 18.8 Å². The highest BCUT2D eigenvalue weighted by Gasteiger charge is 2.23. The highest BCUT2D eigenvalue weighted by Crippen LogP contribution is 2.28. The normalized spacial score (nSPS) is 25.3. The maximum atomic E-state index is 5.51. The molecule has 1 aromatic rings. The molecule has 0 amide bonds. The molecule has 1 aromatic heterocycles. The van der Waals surface area contributed by atoms with Crippen LogP contribution >= 0.6 is 0 Å². The molecule has 0 bridgehead atoms. The summed E-state index contributed by atoms with van der Waals surface area (Å²) in [5.74, 6) is 2.09. The second kappa shape index (κ2) is 5.14. The van der Waals surface area contributed by atoms with E-state index in [9.17, 15) is 0 Å². The fraction of sp³-hybridized carbons (Fsp3) is 0.667. The van der Waals surface area contributed by atoms with Crippen molar-refractivity contribution < 1.29 is 0 Å². The summed E-state index contributed by atoms with van der Waals surface area (Å²) in [5, 5.41) is 3.48. The average Bonchev–Trinajstić information content (AvgIpc) is 2.33. The molecule has 1 heterocycles. The third-order valence-corrected chi connectivity index (χ3v) is 3.44. The Morgan fingerprint density at radius 1 is 1.31 bits per heavy atom. The molecule has 3 N–H and O–H groups in total. The van der Waals surface area contributed by atoms with Crippen LogP contribution < -0.4 is 11.1 Å². The Kier molecular flexibility index (Phi) is 3.59. The van der Waals surface area contributed by atoms with Crippen LogP contribution in [-0.4, -0.2) is 16.0 Å². The van der Waals surface area contributed by atoms with Crippen LogP contribution in [0.25, 0.3) is 0 Å². The van der Waals surface area contributed by atoms with Crippen LogP contribution in [0.5, 0.6) is 0 Å². The minimum absolute atomic E-state index is 0.473. The van der Waals surface area contributed by atoms with Crippen molar-refractivity contribution >= 4 is 11.6 Å². The minimum atomic E-state index is 0.473. The average molecular weight is 220 g/mol. The van der Waals surface area contributed by atoms with E-state index < -0.39 is 0 Å². The lowest BCUT2D eigenvalue weighted by Gasteiger charge is -2.31. The number of rotatable bonds is 3. The molecule has 1 fully saturated rings. The van der Waals surface area contributed by atoms with Gasteiger partial charge in [0.05, 0.1) is 12.4 Å². The van der Waals surface area contributed by atoms with Crippen molar-refractivity contribution in [2.45, 2.75) is 45.1 Å². The van der Waals surface area contributed by atoms with E-state index in [-0.39, 0.29) is 0 Å². The highest BCUT2D eigenvalue weighted by molar-refractivity contribution is 5.37. The van der Waals surface area contributed by atoms with Gasteiger partial charge in [-0.15, -0.1) is 0 Å². The molecule has 16 heavy (non-hydrogen) atoms. The summed E-state index contributed by atoms with van der Waals surface area (Å²) < 4.78 is 0. The topological polar surface area (TPSA) is 63.8 Å². The van der Waals surface area contributed by atoms with Crippen LogP contribution in [-0.2, 0) is 0 Å². The monoisotopic (exact) mass is 220 g/mol. The molecular weight excluding hydrogens is 200 g/mol. The molecule has 2 atom stereocenters. The number of nitrogens with one attached hydrogen (secondary N) is 1. The standard InChI is InChI=1S/C12H20N4/c1-2-9-5-3-4-6-10(9)16-12-8-14-11(13)7-15-12/h7-10H,2-6H2,1H3,(H2,13,14)(H,15,16). The van der Waals surface area contributed by atoms with Gasteiger partial charge >= 0.3 is 0 Å². The zero-order valence-corrected chi connectivity index (χ0v) is 9.82. The highest BCUT2D eigenvalue weighted by atomic mass is 15.0. The lowest BCUT2D eigenvalue weighted by atomic mass is 9.83. The Balaban J connectivity index is 1.99. The van der Waals surface area contributed by atoms with E-state index in [2.05, 4.69) is 22.2 Å². The van der Waals surface area contributed by atoms with Crippen molar-refractivity contribution in [2.75, 3.05) is 11.1 Å². The maximum Gasteiger partial charge on any atom is 0.144 e. The predicted molar refractivity (Wildman–Crippen MR) is 66.1 cm³/mol. The molecule has 0 aromatic carbocycles. The molecular formula is C12H20N4. The first-order valence-corrected chi connectivity index (χ1v) is 6.13. The quantitative estimate of drug-likeness (QED) is 0.821. The van der Waals surface area contributed by atoms with Crippen LogP contribution in [0.2, 0.25) is 0 Å². The zero-order valence-electron chi connectivity index (χ0n) is 9.82. The van der Waals surface area contributed by atoms with Crippen LogP contribution in [0.3, 0.4) is 0 Å². The van der Waals surface area contributed by atoms with E-state index >= 15 is 0 Å². The Morgan fingerprint density at radius 2 is 2.12 bits per heavy atom. The van der Waals surface area contributed by atoms with Crippen molar-refractivity contribution in [3.63, 3.8) is 0 Å². The van der Waals surface area contributed by atoms with Gasteiger partial charge in [0, 0.05) is 6.04 Å². The van der Waals surface area contributed by atoms with Gasteiger partial charge in [-0.25, -0.2) is 9.97 Å². The van der Waals surface area contributed by atoms with E-state index in [1.54, 1.807) is 12.4 Å². The molecule has 0 spiro atoms. The zero-order chi connectivity index (χ0) is 11.4. The predicted octanol–water partition coefficient (Wildman–Crippen LogP) is 2.44. The van der Waals surface area contributed by atoms with Crippen molar-refractivity contribution in [3.8, 4) is 0 Å². The van der Waals surface area contributed by atoms with Crippen LogP contribution in [0.1, 0.15) is 39.0 Å². The molecule has 0 aliphatic heterocycles. The molecule has 4 heteroatoms. The number of nitrogen functional groups attached to an aromatic ring is 1. The molecule has 2 rings (SSSR count). The van der Waals surface area contributed by atoms with Gasteiger partial charge in [-0.1, -0.05) is 26.2 Å². The Morgan fingerprint density at radius 3 is 2.81 bits per heavy atom. The Bertz CT molecular complexity index is 322. The van der Waals surface area contributed by atoms with E-state index in [1.165, 1.54) is 32.1 Å². The number of hydrogen-bond acceptors (Lipinski definition) is 4. The summed E-state index contributed by atoms with van der Waals surface area (Å²) in [6.45, 7) is 2.26. The smallest absolute Gasteiger partial charge is 0.144 e. The van der Waals surface area contributed by atoms with Crippen LogP contribution in [0.4, 0.5) is 11.6 Å². The maximum absolute atomic E-state index is 5.51. The number of nitrogens with two attached hydrogens (primary N) is 1. The second-order valence-corrected chi connectivity index (χ2v) is 4.53. The van der Waals surface area contributed by atoms with Crippen molar-refractivity contribution in [1.29, 1.82) is 0 Å². The van der Waals surface area contributed by atoms with Gasteiger partial charge < -0.3 is 11.1 Å². The first kappa shape index (κ1) is 11.2. The summed E-state index contributed by atoms with van der Waals surface area (Å²) in [7, 11) is 0. The van der Waals surface area contributed by atoms with Gasteiger partial charge in [0.1, 0.15) is 11.6 Å².